The van der Waals surface area contributed by atoms with E-state index in [0.717, 1.165) is 28.6 Å². The van der Waals surface area contributed by atoms with E-state index in [0.29, 0.717) is 12.3 Å². The lowest BCUT2D eigenvalue weighted by atomic mass is 10.2. The number of aryl methyl sites for hydroxylation is 2. The van der Waals surface area contributed by atoms with E-state index < -0.39 is 0 Å². The van der Waals surface area contributed by atoms with Crippen LogP contribution in [0, 0.1) is 13.8 Å². The highest BCUT2D eigenvalue weighted by Gasteiger charge is 2.13. The van der Waals surface area contributed by atoms with E-state index in [9.17, 15) is 0 Å². The molecule has 1 atom stereocenters. The van der Waals surface area contributed by atoms with Crippen molar-refractivity contribution in [1.82, 2.24) is 4.98 Å². The second-order valence-electron chi connectivity index (χ2n) is 5.15. The molecule has 0 bridgehead atoms. The molecule has 0 amide bonds. The summed E-state index contributed by atoms with van der Waals surface area (Å²) in [4.78, 5) is 5.74. The van der Waals surface area contributed by atoms with Crippen LogP contribution in [0.5, 0.6) is 5.75 Å². The van der Waals surface area contributed by atoms with Gasteiger partial charge < -0.3 is 15.8 Å². The first-order valence-electron chi connectivity index (χ1n) is 7.24. The smallest absolute Gasteiger partial charge is 0.144 e. The molecule has 0 aliphatic carbocycles. The molecule has 2 aromatic rings. The lowest BCUT2D eigenvalue weighted by Gasteiger charge is -2.16. The molecule has 4 nitrogen and oxygen atoms in total. The number of nitrogen functional groups attached to an aromatic ring is 1. The third-order valence-corrected chi connectivity index (χ3v) is 4.45. The van der Waals surface area contributed by atoms with E-state index in [1.54, 1.807) is 11.3 Å². The van der Waals surface area contributed by atoms with Gasteiger partial charge in [-0.1, -0.05) is 6.92 Å². The van der Waals surface area contributed by atoms with Crippen molar-refractivity contribution in [2.24, 2.45) is 0 Å². The largest absolute Gasteiger partial charge is 0.491 e. The molecule has 1 aromatic heterocycles. The Morgan fingerprint density at radius 1 is 1.38 bits per heavy atom. The number of rotatable bonds is 6. The minimum absolute atomic E-state index is 0.207. The van der Waals surface area contributed by atoms with Crippen molar-refractivity contribution in [3.05, 3.63) is 33.8 Å². The second-order valence-corrected chi connectivity index (χ2v) is 6.38. The van der Waals surface area contributed by atoms with Gasteiger partial charge in [0.25, 0.3) is 0 Å². The fourth-order valence-electron chi connectivity index (χ4n) is 2.23. The fourth-order valence-corrected chi connectivity index (χ4v) is 3.16. The quantitative estimate of drug-likeness (QED) is 0.781. The molecule has 3 N–H and O–H groups in total. The zero-order valence-electron chi connectivity index (χ0n) is 13.1. The third-order valence-electron chi connectivity index (χ3n) is 3.19. The monoisotopic (exact) mass is 305 g/mol. The molecule has 0 aliphatic rings. The summed E-state index contributed by atoms with van der Waals surface area (Å²) in [6, 6.07) is 6.03. The van der Waals surface area contributed by atoms with Crippen LogP contribution in [0.4, 0.5) is 11.4 Å². The predicted molar refractivity (Wildman–Crippen MR) is 90.3 cm³/mol. The van der Waals surface area contributed by atoms with Crippen LogP contribution in [0.2, 0.25) is 0 Å². The van der Waals surface area contributed by atoms with Gasteiger partial charge in [-0.05, 0) is 39.3 Å². The Kier molecular flexibility index (Phi) is 5.07. The molecule has 1 unspecified atom stereocenters. The fraction of sp³-hybridized carbons (Fsp3) is 0.438. The van der Waals surface area contributed by atoms with Gasteiger partial charge in [-0.25, -0.2) is 4.98 Å². The molecule has 0 saturated heterocycles. The third kappa shape index (κ3) is 3.88. The van der Waals surface area contributed by atoms with Gasteiger partial charge in [0.2, 0.25) is 0 Å². The molecular weight excluding hydrogens is 282 g/mol. The Bertz CT molecular complexity index is 610. The Morgan fingerprint density at radius 2 is 2.14 bits per heavy atom. The predicted octanol–water partition coefficient (Wildman–Crippen LogP) is 4.30. The molecule has 0 radical (unpaired) electrons. The summed E-state index contributed by atoms with van der Waals surface area (Å²) in [6.45, 7) is 8.98. The van der Waals surface area contributed by atoms with Crippen molar-refractivity contribution >= 4 is 22.7 Å². The number of aromatic nitrogens is 1. The molecule has 0 saturated carbocycles. The summed E-state index contributed by atoms with van der Waals surface area (Å²) in [5, 5.41) is 4.59. The van der Waals surface area contributed by atoms with Gasteiger partial charge in [0.05, 0.1) is 29.0 Å². The van der Waals surface area contributed by atoms with E-state index in [-0.39, 0.29) is 6.04 Å². The van der Waals surface area contributed by atoms with Crippen LogP contribution >= 0.6 is 11.3 Å². The number of thiazole rings is 1. The van der Waals surface area contributed by atoms with Gasteiger partial charge in [0.15, 0.2) is 0 Å². The van der Waals surface area contributed by atoms with Gasteiger partial charge in [0, 0.05) is 16.6 Å². The summed E-state index contributed by atoms with van der Waals surface area (Å²) in [5.41, 5.74) is 8.71. The zero-order valence-corrected chi connectivity index (χ0v) is 13.9. The van der Waals surface area contributed by atoms with Crippen molar-refractivity contribution in [2.75, 3.05) is 17.7 Å². The average Bonchev–Trinajstić information content (AvgIpc) is 2.78. The lowest BCUT2D eigenvalue weighted by molar-refractivity contribution is 0.319. The first kappa shape index (κ1) is 15.6. The van der Waals surface area contributed by atoms with Crippen molar-refractivity contribution in [3.63, 3.8) is 0 Å². The summed E-state index contributed by atoms with van der Waals surface area (Å²) in [7, 11) is 0. The maximum Gasteiger partial charge on any atom is 0.144 e. The van der Waals surface area contributed by atoms with Gasteiger partial charge in [-0.2, -0.15) is 0 Å². The first-order chi connectivity index (χ1) is 10.0. The maximum atomic E-state index is 5.94. The molecule has 5 heteroatoms. The Morgan fingerprint density at radius 3 is 2.76 bits per heavy atom. The topological polar surface area (TPSA) is 60.2 Å². The highest BCUT2D eigenvalue weighted by Crippen LogP contribution is 2.30. The normalized spacial score (nSPS) is 12.2. The number of anilines is 2. The number of hydrogen-bond acceptors (Lipinski definition) is 5. The molecule has 1 aromatic carbocycles. The number of nitrogens with two attached hydrogens (primary N) is 1. The molecule has 0 aliphatic heterocycles. The number of nitrogens with one attached hydrogen (secondary N) is 1. The van der Waals surface area contributed by atoms with E-state index in [2.05, 4.69) is 31.1 Å². The highest BCUT2D eigenvalue weighted by atomic mass is 32.1. The Balaban J connectivity index is 2.13. The maximum absolute atomic E-state index is 5.94. The standard InChI is InChI=1S/C16H23N3OS/c1-5-8-20-15-9-13(6-7-14(15)17)19-11(3)16-10(2)18-12(4)21-16/h6-7,9,11,19H,5,8,17H2,1-4H3. The van der Waals surface area contributed by atoms with Crippen LogP contribution in [0.25, 0.3) is 0 Å². The van der Waals surface area contributed by atoms with Crippen molar-refractivity contribution in [2.45, 2.75) is 40.2 Å². The van der Waals surface area contributed by atoms with Crippen LogP contribution in [0.15, 0.2) is 18.2 Å². The summed E-state index contributed by atoms with van der Waals surface area (Å²) >= 11 is 1.73. The average molecular weight is 305 g/mol. The SMILES string of the molecule is CCCOc1cc(NC(C)c2sc(C)nc2C)ccc1N. The summed E-state index contributed by atoms with van der Waals surface area (Å²) in [6.07, 6.45) is 0.965. The summed E-state index contributed by atoms with van der Waals surface area (Å²) in [5.74, 6) is 0.742. The van der Waals surface area contributed by atoms with Crippen LogP contribution in [0.1, 0.15) is 41.9 Å². The van der Waals surface area contributed by atoms with Crippen molar-refractivity contribution in [1.29, 1.82) is 0 Å². The number of ether oxygens (including phenoxy) is 1. The number of benzene rings is 1. The first-order valence-corrected chi connectivity index (χ1v) is 8.05. The minimum atomic E-state index is 0.207. The molecule has 2 rings (SSSR count). The van der Waals surface area contributed by atoms with Crippen LogP contribution in [0.3, 0.4) is 0 Å². The molecule has 0 spiro atoms. The van der Waals surface area contributed by atoms with E-state index in [4.69, 9.17) is 10.5 Å². The Hall–Kier alpha value is -1.75. The molecule has 0 fully saturated rings. The number of hydrogen-bond donors (Lipinski definition) is 2. The molecule has 1 heterocycles. The van der Waals surface area contributed by atoms with E-state index >= 15 is 0 Å². The molecular formula is C16H23N3OS. The van der Waals surface area contributed by atoms with Crippen LogP contribution in [-0.4, -0.2) is 11.6 Å². The van der Waals surface area contributed by atoms with Gasteiger partial charge in [-0.3, -0.25) is 0 Å². The van der Waals surface area contributed by atoms with E-state index in [1.807, 2.05) is 25.1 Å². The van der Waals surface area contributed by atoms with Crippen molar-refractivity contribution < 1.29 is 4.74 Å². The van der Waals surface area contributed by atoms with Gasteiger partial charge in [0.1, 0.15) is 5.75 Å². The Labute approximate surface area is 130 Å². The van der Waals surface area contributed by atoms with Crippen LogP contribution < -0.4 is 15.8 Å². The highest BCUT2D eigenvalue weighted by molar-refractivity contribution is 7.11. The van der Waals surface area contributed by atoms with E-state index in [1.165, 1.54) is 4.88 Å². The number of nitrogens with zero attached hydrogens (tertiary/aromatic N) is 1. The lowest BCUT2D eigenvalue weighted by Crippen LogP contribution is -2.07. The minimum Gasteiger partial charge on any atom is -0.491 e. The molecule has 21 heavy (non-hydrogen) atoms. The zero-order chi connectivity index (χ0) is 15.4. The van der Waals surface area contributed by atoms with Gasteiger partial charge >= 0.3 is 0 Å². The molecule has 114 valence electrons. The van der Waals surface area contributed by atoms with Crippen LogP contribution in [-0.2, 0) is 0 Å². The second kappa shape index (κ2) is 6.80. The van der Waals surface area contributed by atoms with Gasteiger partial charge in [-0.15, -0.1) is 11.3 Å². The van der Waals surface area contributed by atoms with Crippen molar-refractivity contribution in [3.8, 4) is 5.75 Å². The summed E-state index contributed by atoms with van der Waals surface area (Å²) < 4.78 is 5.67.